The molecule has 5 N–H and O–H groups in total. The second kappa shape index (κ2) is 43.5. The molecule has 6 aromatic rings. The summed E-state index contributed by atoms with van der Waals surface area (Å²) in [6, 6.07) is 26.9. The molecule has 26 heteroatoms. The quantitative estimate of drug-likeness (QED) is 0.0366. The van der Waals surface area contributed by atoms with Crippen LogP contribution in [0.25, 0.3) is 0 Å². The smallest absolute Gasteiger partial charge is 0.294 e. The maximum absolute atomic E-state index is 12.4. The van der Waals surface area contributed by atoms with E-state index < -0.39 is 10.2 Å². The summed E-state index contributed by atoms with van der Waals surface area (Å²) in [7, 11) is 1.00. The molecule has 1 amide bonds. The Morgan fingerprint density at radius 2 is 0.917 bits per heavy atom. The van der Waals surface area contributed by atoms with Crippen LogP contribution in [0.15, 0.2) is 122 Å². The Morgan fingerprint density at radius 3 is 1.31 bits per heavy atom. The first-order valence-corrected chi connectivity index (χ1v) is 30.1. The van der Waals surface area contributed by atoms with Gasteiger partial charge in [-0.1, -0.05) is 64.4 Å². The Morgan fingerprint density at radius 1 is 0.548 bits per heavy atom. The Bertz CT molecular complexity index is 2860. The number of carbonyl (C=O) groups is 2. The van der Waals surface area contributed by atoms with E-state index in [0.717, 1.165) is 82.0 Å². The summed E-state index contributed by atoms with van der Waals surface area (Å²) in [5, 5.41) is 36.3. The van der Waals surface area contributed by atoms with Crippen LogP contribution in [0.5, 0.6) is 0 Å². The number of hydrogen-bond donors (Lipinski definition) is 4. The van der Waals surface area contributed by atoms with Crippen molar-refractivity contribution in [3.63, 3.8) is 0 Å². The van der Waals surface area contributed by atoms with Crippen LogP contribution in [0, 0.1) is 20.2 Å². The van der Waals surface area contributed by atoms with Gasteiger partial charge < -0.3 is 36.2 Å². The zero-order valence-electron chi connectivity index (χ0n) is 46.4. The summed E-state index contributed by atoms with van der Waals surface area (Å²) in [5.74, 6) is -0.150. The van der Waals surface area contributed by atoms with Gasteiger partial charge in [0.1, 0.15) is 10.7 Å². The molecule has 0 spiro atoms. The second-order valence-electron chi connectivity index (χ2n) is 18.4. The monoisotopic (exact) mass is 1330 g/mol. The number of aliphatic hydroxyl groups is 1. The molecule has 4 aliphatic rings. The molecule has 0 radical (unpaired) electrons. The fraction of sp³-hybridized carbons (Fsp3) is 0.379. The Labute approximate surface area is 538 Å². The number of aromatic nitrogens is 2. The SMILES string of the molecule is C1CCNCC1.CO.Cl.ClCCl.Nc1cc(Cl)ccc1N1CCCCC1.O=C(Cl)c1ccncc1.O=C(Nc1cc(Cl)ccc1N1CCCCC1)c1ccncc1.O=[N+]([O-])c1cc(Cl)ccc1Cl.O=[N+]([O-])c1cc(Cl)ccc1N1CCCCC1. The lowest BCUT2D eigenvalue weighted by Gasteiger charge is -2.30. The summed E-state index contributed by atoms with van der Waals surface area (Å²) in [6.45, 7) is 8.54. The van der Waals surface area contributed by atoms with Gasteiger partial charge in [0.15, 0.2) is 0 Å². The van der Waals surface area contributed by atoms with Crippen molar-refractivity contribution in [1.82, 2.24) is 15.3 Å². The number of anilines is 5. The van der Waals surface area contributed by atoms with Crippen LogP contribution in [0.3, 0.4) is 0 Å². The minimum Gasteiger partial charge on any atom is -0.400 e. The van der Waals surface area contributed by atoms with E-state index in [9.17, 15) is 29.8 Å². The molecular formula is C58H71Cl9N10O7. The lowest BCUT2D eigenvalue weighted by molar-refractivity contribution is -0.384. The molecule has 4 fully saturated rings. The number of hydrogen-bond acceptors (Lipinski definition) is 14. The van der Waals surface area contributed by atoms with Crippen molar-refractivity contribution in [2.75, 3.05) is 90.6 Å². The molecule has 4 saturated heterocycles. The molecule has 17 nitrogen and oxygen atoms in total. The van der Waals surface area contributed by atoms with Crippen LogP contribution in [-0.2, 0) is 0 Å². The molecule has 2 aromatic heterocycles. The number of nitro benzene ring substituents is 2. The first-order chi connectivity index (χ1) is 40.0. The Hall–Kier alpha value is -5.15. The van der Waals surface area contributed by atoms with Crippen molar-refractivity contribution in [3.8, 4) is 0 Å². The van der Waals surface area contributed by atoms with Gasteiger partial charge in [-0.25, -0.2) is 0 Å². The number of rotatable bonds is 8. The van der Waals surface area contributed by atoms with Crippen molar-refractivity contribution in [2.24, 2.45) is 0 Å². The summed E-state index contributed by atoms with van der Waals surface area (Å²) in [5.41, 5.74) is 11.3. The number of aliphatic hydroxyl groups excluding tert-OH is 1. The molecule has 458 valence electrons. The average molecular weight is 1340 g/mol. The van der Waals surface area contributed by atoms with E-state index in [-0.39, 0.29) is 45.0 Å². The molecule has 6 heterocycles. The van der Waals surface area contributed by atoms with E-state index in [2.05, 4.69) is 35.3 Å². The standard InChI is InChI=1S/C17H18ClN3O.C11H13ClN2O2.C11H15ClN2.C6H3Cl2NO2.C6H4ClNO.C5H11N.CH2Cl2.CH4O.ClH/c18-14-4-5-16(21-10-2-1-3-11-21)15(12-14)20-17(22)13-6-8-19-9-7-13;12-9-4-5-10(11(8-9)14(15)16)13-6-2-1-3-7-13;12-9-4-5-11(10(13)8-9)14-6-2-1-3-7-14;7-4-1-2-5(8)6(3-4)9(10)11;7-6(9)5-1-3-8-4-2-5;1-2-4-6-5-3-1;2-1-3;1-2;/h4-9,12H,1-3,10-11H2,(H,20,22);4-5,8H,1-3,6-7H2;4-5,8H,1-3,6-7,13H2;1-3H;1-4H;6H,1-5H2;1H2;2H,1H3;1H. The number of carbonyl (C=O) groups excluding carboxylic acids is 2. The van der Waals surface area contributed by atoms with E-state index >= 15 is 0 Å². The fourth-order valence-electron chi connectivity index (χ4n) is 8.62. The third-order valence-electron chi connectivity index (χ3n) is 12.6. The van der Waals surface area contributed by atoms with Gasteiger partial charge >= 0.3 is 0 Å². The van der Waals surface area contributed by atoms with E-state index in [4.69, 9.17) is 104 Å². The normalized spacial score (nSPS) is 14.0. The van der Waals surface area contributed by atoms with Crippen molar-refractivity contribution >= 4 is 156 Å². The average Bonchev–Trinajstić information content (AvgIpc) is 3.70. The number of nitro groups is 2. The number of nitrogen functional groups attached to an aromatic ring is 1. The molecule has 84 heavy (non-hydrogen) atoms. The topological polar surface area (TPSA) is 226 Å². The van der Waals surface area contributed by atoms with Gasteiger partial charge in [-0.15, -0.1) is 35.6 Å². The van der Waals surface area contributed by atoms with Crippen molar-refractivity contribution in [2.45, 2.75) is 77.0 Å². The van der Waals surface area contributed by atoms with Crippen LogP contribution in [0.2, 0.25) is 25.1 Å². The van der Waals surface area contributed by atoms with E-state index in [1.165, 1.54) is 114 Å². The molecule has 4 aromatic carbocycles. The van der Waals surface area contributed by atoms with Crippen LogP contribution < -0.4 is 31.1 Å². The van der Waals surface area contributed by atoms with Crippen molar-refractivity contribution < 1.29 is 24.5 Å². The largest absolute Gasteiger partial charge is 0.400 e. The minimum absolute atomic E-state index is 0. The second-order valence-corrected chi connectivity index (χ2v) is 21.7. The van der Waals surface area contributed by atoms with E-state index in [1.807, 2.05) is 36.4 Å². The first-order valence-electron chi connectivity index (χ1n) is 26.7. The summed E-state index contributed by atoms with van der Waals surface area (Å²) < 4.78 is 0. The Balaban J connectivity index is 0.000000350. The third-order valence-corrected chi connectivity index (χ3v) is 14.1. The van der Waals surface area contributed by atoms with Gasteiger partial charge in [-0.05, 0) is 180 Å². The lowest BCUT2D eigenvalue weighted by Crippen LogP contribution is -2.30. The molecule has 10 rings (SSSR count). The van der Waals surface area contributed by atoms with Crippen molar-refractivity contribution in [1.29, 1.82) is 0 Å². The number of amides is 1. The summed E-state index contributed by atoms with van der Waals surface area (Å²) in [4.78, 5) is 57.3. The number of piperidine rings is 4. The van der Waals surface area contributed by atoms with E-state index in [1.54, 1.807) is 48.8 Å². The van der Waals surface area contributed by atoms with Gasteiger partial charge in [-0.2, -0.15) is 0 Å². The lowest BCUT2D eigenvalue weighted by atomic mass is 10.1. The summed E-state index contributed by atoms with van der Waals surface area (Å²) in [6.07, 6.45) is 21.4. The number of benzene rings is 4. The minimum atomic E-state index is -0.575. The molecule has 0 bridgehead atoms. The molecule has 0 aliphatic carbocycles. The van der Waals surface area contributed by atoms with Gasteiger partial charge in [0, 0.05) is 115 Å². The number of nitrogens with zero attached hydrogens (tertiary/aromatic N) is 7. The van der Waals surface area contributed by atoms with Crippen LogP contribution in [0.1, 0.15) is 97.8 Å². The highest BCUT2D eigenvalue weighted by atomic mass is 35.5. The number of alkyl halides is 2. The predicted octanol–water partition coefficient (Wildman–Crippen LogP) is 16.7. The highest BCUT2D eigenvalue weighted by Gasteiger charge is 2.22. The zero-order chi connectivity index (χ0) is 60.9. The molecule has 0 unspecified atom stereocenters. The molecule has 4 aliphatic heterocycles. The van der Waals surface area contributed by atoms with Crippen LogP contribution >= 0.6 is 105 Å². The van der Waals surface area contributed by atoms with Gasteiger partial charge in [-0.3, -0.25) is 39.8 Å². The first kappa shape index (κ1) is 74.9. The number of pyridine rings is 2. The molecular weight excluding hydrogens is 1270 g/mol. The van der Waals surface area contributed by atoms with Crippen LogP contribution in [-0.4, -0.2) is 101 Å². The number of nitrogens with two attached hydrogens (primary N) is 1. The Kier molecular flexibility index (Phi) is 38.8. The number of halogens is 9. The van der Waals surface area contributed by atoms with Gasteiger partial charge in [0.05, 0.1) is 37.9 Å². The van der Waals surface area contributed by atoms with Crippen LogP contribution in [0.4, 0.5) is 39.8 Å². The van der Waals surface area contributed by atoms with Gasteiger partial charge in [0.25, 0.3) is 22.5 Å². The zero-order valence-corrected chi connectivity index (χ0v) is 53.3. The van der Waals surface area contributed by atoms with Gasteiger partial charge in [0.2, 0.25) is 0 Å². The molecule has 0 saturated carbocycles. The highest BCUT2D eigenvalue weighted by Crippen LogP contribution is 2.34. The van der Waals surface area contributed by atoms with E-state index in [0.29, 0.717) is 36.9 Å². The highest BCUT2D eigenvalue weighted by molar-refractivity contribution is 6.67. The summed E-state index contributed by atoms with van der Waals surface area (Å²) >= 11 is 43.4. The van der Waals surface area contributed by atoms with Crippen molar-refractivity contribution in [3.05, 3.63) is 178 Å². The molecule has 0 atom stereocenters. The fourth-order valence-corrected chi connectivity index (χ4v) is 9.62. The number of nitrogens with one attached hydrogen (secondary N) is 2. The third kappa shape index (κ3) is 28.4. The maximum atomic E-state index is 12.4. The maximum Gasteiger partial charge on any atom is 0.294 e. The predicted molar refractivity (Wildman–Crippen MR) is 352 cm³/mol.